The Bertz CT molecular complexity index is 1160. The molecule has 0 aliphatic heterocycles. The monoisotopic (exact) mass is 410 g/mol. The van der Waals surface area contributed by atoms with Gasteiger partial charge < -0.3 is 14.0 Å². The van der Waals surface area contributed by atoms with Crippen molar-refractivity contribution in [2.75, 3.05) is 14.2 Å². The van der Waals surface area contributed by atoms with E-state index in [2.05, 4.69) is 4.99 Å². The first-order valence-corrected chi connectivity index (χ1v) is 10.4. The van der Waals surface area contributed by atoms with E-state index in [9.17, 15) is 9.59 Å². The summed E-state index contributed by atoms with van der Waals surface area (Å²) in [4.78, 5) is 29.7. The molecule has 0 saturated heterocycles. The Labute approximate surface area is 172 Å². The lowest BCUT2D eigenvalue weighted by atomic mass is 9.90. The number of carbonyl (C=O) groups is 2. The van der Waals surface area contributed by atoms with Crippen LogP contribution in [0, 0.1) is 0 Å². The highest BCUT2D eigenvalue weighted by molar-refractivity contribution is 7.16. The summed E-state index contributed by atoms with van der Waals surface area (Å²) in [7, 11) is 2.91. The second-order valence-corrected chi connectivity index (χ2v) is 7.97. The first-order chi connectivity index (χ1) is 14.1. The molecule has 1 aliphatic carbocycles. The Balaban J connectivity index is 1.81. The maximum atomic E-state index is 12.9. The Morgan fingerprint density at radius 2 is 1.90 bits per heavy atom. The molecular formula is C22H22N2O4S. The van der Waals surface area contributed by atoms with Gasteiger partial charge >= 0.3 is 5.97 Å². The van der Waals surface area contributed by atoms with Crippen LogP contribution in [0.2, 0.25) is 0 Å². The number of amides is 1. The highest BCUT2D eigenvalue weighted by Crippen LogP contribution is 2.27. The summed E-state index contributed by atoms with van der Waals surface area (Å²) in [5, 5.41) is 0. The molecule has 0 fully saturated rings. The number of esters is 1. The van der Waals surface area contributed by atoms with Gasteiger partial charge in [-0.3, -0.25) is 9.59 Å². The van der Waals surface area contributed by atoms with Gasteiger partial charge in [0.05, 0.1) is 18.9 Å². The van der Waals surface area contributed by atoms with Crippen LogP contribution in [-0.2, 0) is 28.9 Å². The van der Waals surface area contributed by atoms with Crippen molar-refractivity contribution in [2.45, 2.75) is 32.2 Å². The second-order valence-electron chi connectivity index (χ2n) is 6.96. The molecule has 1 aliphatic rings. The molecule has 1 heterocycles. The Morgan fingerprint density at radius 1 is 1.10 bits per heavy atom. The predicted molar refractivity (Wildman–Crippen MR) is 111 cm³/mol. The molecule has 0 N–H and O–H groups in total. The fourth-order valence-corrected chi connectivity index (χ4v) is 4.75. The van der Waals surface area contributed by atoms with Crippen molar-refractivity contribution in [1.82, 2.24) is 4.57 Å². The fourth-order valence-electron chi connectivity index (χ4n) is 3.71. The minimum Gasteiger partial charge on any atom is -0.495 e. The summed E-state index contributed by atoms with van der Waals surface area (Å²) < 4.78 is 12.8. The third-order valence-corrected chi connectivity index (χ3v) is 6.24. The second kappa shape index (κ2) is 8.21. The van der Waals surface area contributed by atoms with Crippen molar-refractivity contribution in [3.8, 4) is 5.75 Å². The van der Waals surface area contributed by atoms with Crippen molar-refractivity contribution in [3.05, 3.63) is 57.9 Å². The molecule has 1 amide bonds. The minimum atomic E-state index is -0.418. The van der Waals surface area contributed by atoms with Gasteiger partial charge in [0.1, 0.15) is 17.8 Å². The summed E-state index contributed by atoms with van der Waals surface area (Å²) in [5.74, 6) is -0.119. The number of para-hydroxylation sites is 1. The smallest absolute Gasteiger partial charge is 0.325 e. The normalized spacial score (nSPS) is 13.9. The third kappa shape index (κ3) is 3.82. The van der Waals surface area contributed by atoms with Gasteiger partial charge in [0.15, 0.2) is 4.80 Å². The van der Waals surface area contributed by atoms with Crippen LogP contribution in [0.5, 0.6) is 5.75 Å². The minimum absolute atomic E-state index is 0.0484. The van der Waals surface area contributed by atoms with Crippen molar-refractivity contribution < 1.29 is 19.1 Å². The number of fused-ring (bicyclic) bond motifs is 2. The molecule has 0 radical (unpaired) electrons. The van der Waals surface area contributed by atoms with E-state index in [1.54, 1.807) is 11.7 Å². The van der Waals surface area contributed by atoms with E-state index in [1.165, 1.54) is 36.0 Å². The molecule has 7 heteroatoms. The van der Waals surface area contributed by atoms with Gasteiger partial charge in [-0.25, -0.2) is 0 Å². The van der Waals surface area contributed by atoms with E-state index in [0.29, 0.717) is 16.1 Å². The average Bonchev–Trinajstić information content (AvgIpc) is 3.10. The van der Waals surface area contributed by atoms with Crippen molar-refractivity contribution >= 4 is 33.4 Å². The summed E-state index contributed by atoms with van der Waals surface area (Å²) in [6, 6.07) is 11.4. The third-order valence-electron chi connectivity index (χ3n) is 5.19. The van der Waals surface area contributed by atoms with Gasteiger partial charge in [0.2, 0.25) is 0 Å². The van der Waals surface area contributed by atoms with Gasteiger partial charge in [-0.15, -0.1) is 0 Å². The number of thiazole rings is 1. The standard InChI is InChI=1S/C22H22N2O4S/c1-27-17-8-5-9-18-20(17)24(13-19(25)28-2)22(29-18)23-21(26)16-11-10-14-6-3-4-7-15(14)12-16/h5,8-12H,3-4,6-7,13H2,1-2H3. The molecule has 3 aromatic rings. The molecule has 0 unspecified atom stereocenters. The summed E-state index contributed by atoms with van der Waals surface area (Å²) >= 11 is 1.35. The lowest BCUT2D eigenvalue weighted by Crippen LogP contribution is -2.22. The molecule has 0 atom stereocenters. The van der Waals surface area contributed by atoms with Crippen LogP contribution in [0.15, 0.2) is 41.4 Å². The number of ether oxygens (including phenoxy) is 2. The first-order valence-electron chi connectivity index (χ1n) is 9.54. The zero-order chi connectivity index (χ0) is 20.4. The molecule has 2 aromatic carbocycles. The van der Waals surface area contributed by atoms with Gasteiger partial charge in [-0.2, -0.15) is 4.99 Å². The molecule has 6 nitrogen and oxygen atoms in total. The number of benzene rings is 2. The van der Waals surface area contributed by atoms with Crippen molar-refractivity contribution in [3.63, 3.8) is 0 Å². The number of carbonyl (C=O) groups excluding carboxylic acids is 2. The van der Waals surface area contributed by atoms with E-state index < -0.39 is 5.97 Å². The fraction of sp³-hybridized carbons (Fsp3) is 0.318. The lowest BCUT2D eigenvalue weighted by Gasteiger charge is -2.15. The van der Waals surface area contributed by atoms with E-state index in [-0.39, 0.29) is 12.5 Å². The lowest BCUT2D eigenvalue weighted by molar-refractivity contribution is -0.141. The van der Waals surface area contributed by atoms with Gasteiger partial charge in [0, 0.05) is 5.56 Å². The van der Waals surface area contributed by atoms with Gasteiger partial charge in [-0.1, -0.05) is 23.5 Å². The summed E-state index contributed by atoms with van der Waals surface area (Å²) in [5.41, 5.74) is 3.85. The number of rotatable bonds is 4. The number of hydrogen-bond donors (Lipinski definition) is 0. The molecule has 0 spiro atoms. The number of hydrogen-bond acceptors (Lipinski definition) is 5. The van der Waals surface area contributed by atoms with Crippen LogP contribution >= 0.6 is 11.3 Å². The van der Waals surface area contributed by atoms with E-state index in [0.717, 1.165) is 29.5 Å². The SMILES string of the molecule is COC(=O)Cn1c(=NC(=O)c2ccc3c(c2)CCCC3)sc2cccc(OC)c21. The van der Waals surface area contributed by atoms with Crippen LogP contribution in [0.25, 0.3) is 10.2 Å². The summed E-state index contributed by atoms with van der Waals surface area (Å²) in [6.07, 6.45) is 4.41. The van der Waals surface area contributed by atoms with Crippen molar-refractivity contribution in [2.24, 2.45) is 4.99 Å². The van der Waals surface area contributed by atoms with Crippen LogP contribution in [0.4, 0.5) is 0 Å². The zero-order valence-corrected chi connectivity index (χ0v) is 17.3. The molecule has 1 aromatic heterocycles. The van der Waals surface area contributed by atoms with Crippen LogP contribution < -0.4 is 9.54 Å². The molecular weight excluding hydrogens is 388 g/mol. The molecule has 0 bridgehead atoms. The van der Waals surface area contributed by atoms with E-state index in [4.69, 9.17) is 9.47 Å². The first kappa shape index (κ1) is 19.4. The maximum Gasteiger partial charge on any atom is 0.325 e. The number of nitrogens with zero attached hydrogens (tertiary/aromatic N) is 2. The Kier molecular flexibility index (Phi) is 5.49. The van der Waals surface area contributed by atoms with Crippen LogP contribution in [0.1, 0.15) is 34.3 Å². The predicted octanol–water partition coefficient (Wildman–Crippen LogP) is 3.50. The Morgan fingerprint density at radius 3 is 2.66 bits per heavy atom. The van der Waals surface area contributed by atoms with Crippen LogP contribution in [0.3, 0.4) is 0 Å². The highest BCUT2D eigenvalue weighted by Gasteiger charge is 2.17. The number of aromatic nitrogens is 1. The maximum absolute atomic E-state index is 12.9. The number of methoxy groups -OCH3 is 2. The molecule has 150 valence electrons. The van der Waals surface area contributed by atoms with E-state index >= 15 is 0 Å². The average molecular weight is 410 g/mol. The number of aryl methyl sites for hydroxylation is 2. The molecule has 4 rings (SSSR count). The van der Waals surface area contributed by atoms with Crippen LogP contribution in [-0.4, -0.2) is 30.7 Å². The van der Waals surface area contributed by atoms with Gasteiger partial charge in [-0.05, 0) is 61.1 Å². The highest BCUT2D eigenvalue weighted by atomic mass is 32.1. The zero-order valence-electron chi connectivity index (χ0n) is 16.4. The molecule has 29 heavy (non-hydrogen) atoms. The largest absolute Gasteiger partial charge is 0.495 e. The topological polar surface area (TPSA) is 69.9 Å². The van der Waals surface area contributed by atoms with Crippen molar-refractivity contribution in [1.29, 1.82) is 0 Å². The Hall–Kier alpha value is -2.93. The van der Waals surface area contributed by atoms with Gasteiger partial charge in [0.25, 0.3) is 5.91 Å². The summed E-state index contributed by atoms with van der Waals surface area (Å²) in [6.45, 7) is -0.0484. The quantitative estimate of drug-likeness (QED) is 0.617. The molecule has 0 saturated carbocycles. The van der Waals surface area contributed by atoms with E-state index in [1.807, 2.05) is 36.4 Å².